The molecule has 0 bridgehead atoms. The van der Waals surface area contributed by atoms with Gasteiger partial charge >= 0.3 is 0 Å². The number of piperazine rings is 1. The molecule has 0 radical (unpaired) electrons. The van der Waals surface area contributed by atoms with Gasteiger partial charge in [-0.05, 0) is 14.0 Å². The van der Waals surface area contributed by atoms with Crippen LogP contribution in [0.4, 0.5) is 0 Å². The molecule has 1 aliphatic heterocycles. The van der Waals surface area contributed by atoms with Gasteiger partial charge in [-0.15, -0.1) is 0 Å². The molecule has 3 N–H and O–H groups in total. The second-order valence-corrected chi connectivity index (χ2v) is 4.51. The lowest BCUT2D eigenvalue weighted by Crippen LogP contribution is -2.47. The molecule has 16 heavy (non-hydrogen) atoms. The highest BCUT2D eigenvalue weighted by Crippen LogP contribution is 2.19. The fourth-order valence-corrected chi connectivity index (χ4v) is 2.22. The highest BCUT2D eigenvalue weighted by Gasteiger charge is 2.23. The van der Waals surface area contributed by atoms with E-state index in [2.05, 4.69) is 26.8 Å². The lowest BCUT2D eigenvalue weighted by atomic mass is 10.1. The Morgan fingerprint density at radius 3 is 2.62 bits per heavy atom. The number of H-pyrrole nitrogens is 1. The van der Waals surface area contributed by atoms with E-state index in [1.165, 1.54) is 0 Å². The van der Waals surface area contributed by atoms with Gasteiger partial charge in [0, 0.05) is 38.9 Å². The summed E-state index contributed by atoms with van der Waals surface area (Å²) in [4.78, 5) is 12.3. The molecule has 1 aromatic heterocycles. The number of aromatic amines is 1. The molecule has 1 fully saturated rings. The summed E-state index contributed by atoms with van der Waals surface area (Å²) in [5.74, 6) is 0.961. The van der Waals surface area contributed by atoms with Crippen molar-refractivity contribution >= 4 is 0 Å². The van der Waals surface area contributed by atoms with Crippen molar-refractivity contribution < 1.29 is 0 Å². The van der Waals surface area contributed by atoms with E-state index in [1.54, 1.807) is 0 Å². The van der Waals surface area contributed by atoms with Crippen molar-refractivity contribution in [2.45, 2.75) is 13.0 Å². The average molecular weight is 223 g/mol. The Morgan fingerprint density at radius 1 is 1.44 bits per heavy atom. The molecular formula is C11H21N5. The number of nitrogens with one attached hydrogen (secondary N) is 1. The minimum atomic E-state index is 0.287. The predicted octanol–water partition coefficient (Wildman–Crippen LogP) is -0.0347. The number of hydrogen-bond acceptors (Lipinski definition) is 4. The lowest BCUT2D eigenvalue weighted by Gasteiger charge is -2.37. The Hall–Kier alpha value is -0.910. The summed E-state index contributed by atoms with van der Waals surface area (Å²) in [5.41, 5.74) is 7.02. The van der Waals surface area contributed by atoms with Crippen molar-refractivity contribution in [3.8, 4) is 0 Å². The molecule has 1 aromatic rings. The van der Waals surface area contributed by atoms with Crippen LogP contribution in [0.2, 0.25) is 0 Å². The second-order valence-electron chi connectivity index (χ2n) is 4.51. The highest BCUT2D eigenvalue weighted by molar-refractivity contribution is 5.07. The highest BCUT2D eigenvalue weighted by atomic mass is 15.3. The molecule has 1 atom stereocenters. The van der Waals surface area contributed by atoms with E-state index < -0.39 is 0 Å². The second kappa shape index (κ2) is 4.95. The van der Waals surface area contributed by atoms with E-state index in [4.69, 9.17) is 5.73 Å². The molecular weight excluding hydrogens is 202 g/mol. The predicted molar refractivity (Wildman–Crippen MR) is 64.2 cm³/mol. The molecule has 2 heterocycles. The van der Waals surface area contributed by atoms with Gasteiger partial charge in [0.2, 0.25) is 0 Å². The van der Waals surface area contributed by atoms with Crippen LogP contribution in [-0.2, 0) is 0 Å². The topological polar surface area (TPSA) is 61.2 Å². The van der Waals surface area contributed by atoms with E-state index >= 15 is 0 Å². The molecule has 1 saturated heterocycles. The monoisotopic (exact) mass is 223 g/mol. The van der Waals surface area contributed by atoms with Gasteiger partial charge in [0.15, 0.2) is 0 Å². The average Bonchev–Trinajstić information content (AvgIpc) is 2.69. The minimum Gasteiger partial charge on any atom is -0.345 e. The van der Waals surface area contributed by atoms with Crippen molar-refractivity contribution in [1.29, 1.82) is 0 Å². The van der Waals surface area contributed by atoms with E-state index in [9.17, 15) is 0 Å². The number of nitrogens with two attached hydrogens (primary N) is 1. The number of rotatable bonds is 3. The third-order valence-electron chi connectivity index (χ3n) is 3.28. The fraction of sp³-hybridized carbons (Fsp3) is 0.727. The number of imidazole rings is 1. The Kier molecular flexibility index (Phi) is 3.58. The quantitative estimate of drug-likeness (QED) is 0.755. The first-order valence-corrected chi connectivity index (χ1v) is 5.85. The first-order valence-electron chi connectivity index (χ1n) is 5.85. The van der Waals surface area contributed by atoms with Gasteiger partial charge in [-0.1, -0.05) is 0 Å². The molecule has 1 unspecified atom stereocenters. The molecule has 5 heteroatoms. The summed E-state index contributed by atoms with van der Waals surface area (Å²) in [7, 11) is 2.16. The number of nitrogens with zero attached hydrogens (tertiary/aromatic N) is 3. The van der Waals surface area contributed by atoms with Gasteiger partial charge in [-0.3, -0.25) is 4.90 Å². The molecule has 0 spiro atoms. The van der Waals surface area contributed by atoms with Crippen LogP contribution in [0.25, 0.3) is 0 Å². The van der Waals surface area contributed by atoms with Crippen molar-refractivity contribution in [1.82, 2.24) is 19.8 Å². The van der Waals surface area contributed by atoms with Crippen LogP contribution in [0.15, 0.2) is 6.20 Å². The standard InChI is InChI=1S/C11H21N5/c1-9-13-8-10(14-9)11(7-12)16-5-3-15(2)4-6-16/h8,11H,3-7,12H2,1-2H3,(H,13,14). The lowest BCUT2D eigenvalue weighted by molar-refractivity contribution is 0.113. The van der Waals surface area contributed by atoms with Gasteiger partial charge in [0.05, 0.1) is 11.7 Å². The molecule has 2 rings (SSSR count). The van der Waals surface area contributed by atoms with Crippen LogP contribution < -0.4 is 5.73 Å². The normalized spacial score (nSPS) is 21.2. The van der Waals surface area contributed by atoms with Gasteiger partial charge < -0.3 is 15.6 Å². The van der Waals surface area contributed by atoms with Crippen molar-refractivity contribution in [2.24, 2.45) is 5.73 Å². The Morgan fingerprint density at radius 2 is 2.12 bits per heavy atom. The summed E-state index contributed by atoms with van der Waals surface area (Å²) in [6.45, 7) is 7.01. The van der Waals surface area contributed by atoms with Crippen molar-refractivity contribution in [2.75, 3.05) is 39.8 Å². The Balaban J connectivity index is 2.05. The van der Waals surface area contributed by atoms with Crippen LogP contribution >= 0.6 is 0 Å². The molecule has 1 aliphatic rings. The molecule has 5 nitrogen and oxygen atoms in total. The molecule has 0 amide bonds. The molecule has 0 aromatic carbocycles. The van der Waals surface area contributed by atoms with Crippen LogP contribution in [-0.4, -0.2) is 59.5 Å². The number of hydrogen-bond donors (Lipinski definition) is 2. The van der Waals surface area contributed by atoms with E-state index in [-0.39, 0.29) is 6.04 Å². The largest absolute Gasteiger partial charge is 0.345 e. The number of likely N-dealkylation sites (N-methyl/N-ethyl adjacent to an activating group) is 1. The van der Waals surface area contributed by atoms with Crippen LogP contribution in [0, 0.1) is 6.92 Å². The van der Waals surface area contributed by atoms with Crippen molar-refractivity contribution in [3.63, 3.8) is 0 Å². The fourth-order valence-electron chi connectivity index (χ4n) is 2.22. The maximum absolute atomic E-state index is 5.88. The summed E-state index contributed by atoms with van der Waals surface area (Å²) in [5, 5.41) is 0. The van der Waals surface area contributed by atoms with Gasteiger partial charge in [-0.2, -0.15) is 0 Å². The summed E-state index contributed by atoms with van der Waals surface area (Å²) in [6, 6.07) is 0.287. The zero-order valence-corrected chi connectivity index (χ0v) is 10.1. The third-order valence-corrected chi connectivity index (χ3v) is 3.28. The molecule has 90 valence electrons. The first kappa shape index (κ1) is 11.6. The SMILES string of the molecule is Cc1ncc(C(CN)N2CCN(C)CC2)[nH]1. The maximum Gasteiger partial charge on any atom is 0.103 e. The summed E-state index contributed by atoms with van der Waals surface area (Å²) < 4.78 is 0. The van der Waals surface area contributed by atoms with E-state index in [0.29, 0.717) is 6.54 Å². The van der Waals surface area contributed by atoms with Crippen LogP contribution in [0.3, 0.4) is 0 Å². The molecule has 0 saturated carbocycles. The Bertz CT molecular complexity index is 327. The van der Waals surface area contributed by atoms with Crippen molar-refractivity contribution in [3.05, 3.63) is 17.7 Å². The number of aromatic nitrogens is 2. The van der Waals surface area contributed by atoms with E-state index in [1.807, 2.05) is 13.1 Å². The van der Waals surface area contributed by atoms with Gasteiger partial charge in [0.1, 0.15) is 5.82 Å². The smallest absolute Gasteiger partial charge is 0.103 e. The first-order chi connectivity index (χ1) is 7.70. The number of aryl methyl sites for hydroxylation is 1. The van der Waals surface area contributed by atoms with Crippen LogP contribution in [0.1, 0.15) is 17.6 Å². The van der Waals surface area contributed by atoms with Gasteiger partial charge in [-0.25, -0.2) is 4.98 Å². The minimum absolute atomic E-state index is 0.287. The zero-order chi connectivity index (χ0) is 11.5. The molecule has 0 aliphatic carbocycles. The summed E-state index contributed by atoms with van der Waals surface area (Å²) >= 11 is 0. The Labute approximate surface area is 96.6 Å². The maximum atomic E-state index is 5.88. The zero-order valence-electron chi connectivity index (χ0n) is 10.1. The third kappa shape index (κ3) is 2.42. The van der Waals surface area contributed by atoms with Crippen LogP contribution in [0.5, 0.6) is 0 Å². The van der Waals surface area contributed by atoms with Gasteiger partial charge in [0.25, 0.3) is 0 Å². The van der Waals surface area contributed by atoms with E-state index in [0.717, 1.165) is 37.7 Å². The summed E-state index contributed by atoms with van der Waals surface area (Å²) in [6.07, 6.45) is 1.91.